The van der Waals surface area contributed by atoms with Gasteiger partial charge >= 0.3 is 11.7 Å². The number of benzene rings is 3. The molecule has 0 spiro atoms. The molecule has 0 fully saturated rings. The Morgan fingerprint density at radius 3 is 2.30 bits per heavy atom. The third kappa shape index (κ3) is 5.22. The number of hydrogen-bond acceptors (Lipinski definition) is 7. The van der Waals surface area contributed by atoms with Crippen molar-refractivity contribution in [1.29, 1.82) is 0 Å². The summed E-state index contributed by atoms with van der Waals surface area (Å²) in [7, 11) is 1.43. The molecule has 190 valence electrons. The van der Waals surface area contributed by atoms with Crippen LogP contribution in [-0.4, -0.2) is 41.7 Å². The molecule has 0 saturated carbocycles. The Bertz CT molecular complexity index is 1580. The molecule has 0 unspecified atom stereocenters. The van der Waals surface area contributed by atoms with Gasteiger partial charge in [0.1, 0.15) is 17.1 Å². The largest absolute Gasteiger partial charge is 0.496 e. The number of aromatic nitrogens is 2. The maximum atomic E-state index is 13.1. The van der Waals surface area contributed by atoms with Gasteiger partial charge in [-0.05, 0) is 35.4 Å². The van der Waals surface area contributed by atoms with Gasteiger partial charge in [-0.1, -0.05) is 54.6 Å². The van der Waals surface area contributed by atoms with Gasteiger partial charge in [-0.3, -0.25) is 19.1 Å². The number of likely N-dealkylation sites (N-methyl/N-ethyl adjacent to an activating group) is 1. The van der Waals surface area contributed by atoms with E-state index in [0.717, 1.165) is 21.2 Å². The number of aromatic amines is 1. The minimum atomic E-state index is -0.815. The van der Waals surface area contributed by atoms with Crippen LogP contribution in [0.25, 0.3) is 10.8 Å². The number of fused-ring (bicyclic) bond motifs is 1. The molecule has 10 heteroatoms. The van der Waals surface area contributed by atoms with E-state index in [0.29, 0.717) is 5.75 Å². The average Bonchev–Trinajstić information content (AvgIpc) is 2.91. The van der Waals surface area contributed by atoms with Gasteiger partial charge in [0.15, 0.2) is 12.3 Å². The van der Waals surface area contributed by atoms with E-state index in [1.807, 2.05) is 42.5 Å². The molecule has 1 aromatic heterocycles. The molecule has 0 aliphatic carbocycles. The van der Waals surface area contributed by atoms with Crippen molar-refractivity contribution < 1.29 is 19.1 Å². The number of H-pyrrole nitrogens is 1. The van der Waals surface area contributed by atoms with Crippen LogP contribution in [0.1, 0.15) is 22.8 Å². The molecule has 3 N–H and O–H groups in total. The molecule has 37 heavy (non-hydrogen) atoms. The van der Waals surface area contributed by atoms with Gasteiger partial charge in [0.25, 0.3) is 11.5 Å². The number of hydrogen-bond donors (Lipinski definition) is 2. The summed E-state index contributed by atoms with van der Waals surface area (Å²) in [6, 6.07) is 19.8. The molecule has 0 radical (unpaired) electrons. The van der Waals surface area contributed by atoms with E-state index in [-0.39, 0.29) is 30.2 Å². The Kier molecular flexibility index (Phi) is 7.38. The number of carbonyl (C=O) groups is 2. The normalized spacial score (nSPS) is 10.8. The lowest BCUT2D eigenvalue weighted by atomic mass is 10.1. The second-order valence-electron chi connectivity index (χ2n) is 8.18. The van der Waals surface area contributed by atoms with Gasteiger partial charge in [0.2, 0.25) is 0 Å². The molecular weight excluding hydrogens is 476 g/mol. The summed E-state index contributed by atoms with van der Waals surface area (Å²) in [6.07, 6.45) is 0. The third-order valence-corrected chi connectivity index (χ3v) is 5.90. The van der Waals surface area contributed by atoms with E-state index in [2.05, 4.69) is 4.98 Å². The summed E-state index contributed by atoms with van der Waals surface area (Å²) < 4.78 is 11.8. The number of esters is 1. The minimum absolute atomic E-state index is 0.0481. The van der Waals surface area contributed by atoms with Crippen LogP contribution in [0.3, 0.4) is 0 Å². The second-order valence-corrected chi connectivity index (χ2v) is 8.18. The fourth-order valence-electron chi connectivity index (χ4n) is 4.05. The summed E-state index contributed by atoms with van der Waals surface area (Å²) in [4.78, 5) is 54.3. The molecule has 0 atom stereocenters. The lowest BCUT2D eigenvalue weighted by Crippen LogP contribution is -2.42. The minimum Gasteiger partial charge on any atom is -0.496 e. The van der Waals surface area contributed by atoms with Gasteiger partial charge in [-0.2, -0.15) is 0 Å². The lowest BCUT2D eigenvalue weighted by Gasteiger charge is -2.23. The van der Waals surface area contributed by atoms with E-state index in [9.17, 15) is 19.2 Å². The van der Waals surface area contributed by atoms with E-state index < -0.39 is 29.7 Å². The van der Waals surface area contributed by atoms with Gasteiger partial charge in [-0.15, -0.1) is 0 Å². The van der Waals surface area contributed by atoms with Crippen molar-refractivity contribution in [2.45, 2.75) is 13.5 Å². The molecular formula is C27H26N4O6. The lowest BCUT2D eigenvalue weighted by molar-refractivity contribution is -0.121. The smallest absolute Gasteiger partial charge is 0.342 e. The quantitative estimate of drug-likeness (QED) is 0.353. The molecule has 1 amide bonds. The number of nitrogens with zero attached hydrogens (tertiary/aromatic N) is 2. The number of amides is 1. The Labute approximate surface area is 211 Å². The Morgan fingerprint density at radius 1 is 1.00 bits per heavy atom. The summed E-state index contributed by atoms with van der Waals surface area (Å²) in [5.74, 6) is -1.31. The van der Waals surface area contributed by atoms with Crippen LogP contribution in [0.2, 0.25) is 0 Å². The zero-order chi connectivity index (χ0) is 26.5. The fourth-order valence-corrected chi connectivity index (χ4v) is 4.05. The van der Waals surface area contributed by atoms with Crippen LogP contribution in [-0.2, 0) is 16.1 Å². The maximum absolute atomic E-state index is 13.1. The first-order valence-electron chi connectivity index (χ1n) is 11.5. The van der Waals surface area contributed by atoms with E-state index in [4.69, 9.17) is 15.2 Å². The molecule has 0 saturated heterocycles. The highest BCUT2D eigenvalue weighted by molar-refractivity contribution is 6.01. The zero-order valence-corrected chi connectivity index (χ0v) is 20.4. The van der Waals surface area contributed by atoms with Gasteiger partial charge in [-0.25, -0.2) is 9.59 Å². The molecule has 10 nitrogen and oxygen atoms in total. The number of rotatable bonds is 8. The summed E-state index contributed by atoms with van der Waals surface area (Å²) in [5.41, 5.74) is 5.44. The average molecular weight is 503 g/mol. The second kappa shape index (κ2) is 10.8. The Morgan fingerprint density at radius 2 is 1.65 bits per heavy atom. The van der Waals surface area contributed by atoms with Gasteiger partial charge in [0, 0.05) is 6.54 Å². The first kappa shape index (κ1) is 25.2. The third-order valence-electron chi connectivity index (χ3n) is 5.90. The fraction of sp³-hybridized carbons (Fsp3) is 0.185. The number of nitrogen functional groups attached to an aromatic ring is 1. The van der Waals surface area contributed by atoms with Crippen molar-refractivity contribution in [1.82, 2.24) is 9.55 Å². The van der Waals surface area contributed by atoms with Crippen LogP contribution in [0.4, 0.5) is 11.5 Å². The highest BCUT2D eigenvalue weighted by atomic mass is 16.5. The van der Waals surface area contributed by atoms with E-state index in [1.54, 1.807) is 31.2 Å². The van der Waals surface area contributed by atoms with Gasteiger partial charge in [0.05, 0.1) is 13.7 Å². The van der Waals surface area contributed by atoms with E-state index in [1.165, 1.54) is 11.7 Å². The standard InChI is InChI=1S/C27H26N4O6/c1-3-30(23-24(28)31(27(35)29-25(23)33)15-17-9-5-4-6-10-17)22(32)16-37-26(34)20-13-18-11-7-8-12-19(18)14-21(20)36-2/h4-14H,3,15-16,28H2,1-2H3,(H,29,33,35). The van der Waals surface area contributed by atoms with Crippen LogP contribution in [0.5, 0.6) is 5.75 Å². The SMILES string of the molecule is CCN(C(=O)COC(=O)c1cc2ccccc2cc1OC)c1c(N)n(Cc2ccccc2)c(=O)[nH]c1=O. The van der Waals surface area contributed by atoms with Crippen molar-refractivity contribution in [3.63, 3.8) is 0 Å². The van der Waals surface area contributed by atoms with Crippen molar-refractivity contribution >= 4 is 34.2 Å². The first-order valence-corrected chi connectivity index (χ1v) is 11.5. The molecule has 1 heterocycles. The van der Waals surface area contributed by atoms with Crippen LogP contribution < -0.4 is 26.6 Å². The highest BCUT2D eigenvalue weighted by Crippen LogP contribution is 2.27. The first-order chi connectivity index (χ1) is 17.8. The topological polar surface area (TPSA) is 137 Å². The van der Waals surface area contributed by atoms with Crippen LogP contribution in [0.15, 0.2) is 76.3 Å². The molecule has 0 aliphatic heterocycles. The van der Waals surface area contributed by atoms with Crippen LogP contribution >= 0.6 is 0 Å². The number of anilines is 2. The van der Waals surface area contributed by atoms with Crippen molar-refractivity contribution in [3.05, 3.63) is 98.7 Å². The number of ether oxygens (including phenoxy) is 2. The van der Waals surface area contributed by atoms with Crippen molar-refractivity contribution in [2.24, 2.45) is 0 Å². The van der Waals surface area contributed by atoms with Crippen LogP contribution in [0, 0.1) is 0 Å². The summed E-state index contributed by atoms with van der Waals surface area (Å²) in [6.45, 7) is 1.13. The zero-order valence-electron chi connectivity index (χ0n) is 20.4. The number of nitrogens with two attached hydrogens (primary N) is 1. The maximum Gasteiger partial charge on any atom is 0.342 e. The molecule has 3 aromatic carbocycles. The Hall–Kier alpha value is -4.86. The molecule has 4 aromatic rings. The molecule has 0 bridgehead atoms. The summed E-state index contributed by atoms with van der Waals surface area (Å²) >= 11 is 0. The summed E-state index contributed by atoms with van der Waals surface area (Å²) in [5, 5.41) is 1.68. The molecule has 4 rings (SSSR count). The monoisotopic (exact) mass is 502 g/mol. The predicted molar refractivity (Wildman–Crippen MR) is 140 cm³/mol. The molecule has 0 aliphatic rings. The predicted octanol–water partition coefficient (Wildman–Crippen LogP) is 2.54. The van der Waals surface area contributed by atoms with E-state index >= 15 is 0 Å². The van der Waals surface area contributed by atoms with Gasteiger partial charge < -0.3 is 20.1 Å². The van der Waals surface area contributed by atoms with Crippen molar-refractivity contribution in [3.8, 4) is 5.75 Å². The number of carbonyl (C=O) groups excluding carboxylic acids is 2. The Balaban J connectivity index is 1.58. The highest BCUT2D eigenvalue weighted by Gasteiger charge is 2.25. The number of nitrogens with one attached hydrogen (secondary N) is 1. The number of methoxy groups -OCH3 is 1. The van der Waals surface area contributed by atoms with Crippen molar-refractivity contribution in [2.75, 3.05) is 30.9 Å².